The van der Waals surface area contributed by atoms with Gasteiger partial charge in [0.1, 0.15) is 11.6 Å². The maximum atomic E-state index is 13.7. The molecule has 1 aliphatic carbocycles. The highest BCUT2D eigenvalue weighted by molar-refractivity contribution is 5.34. The quantitative estimate of drug-likeness (QED) is 0.869. The molecular formula is C15H19F2N3. The summed E-state index contributed by atoms with van der Waals surface area (Å²) >= 11 is 0. The third-order valence-electron chi connectivity index (χ3n) is 3.83. The molecule has 0 aromatic heterocycles. The largest absolute Gasteiger partial charge is 0.311 e. The van der Waals surface area contributed by atoms with Gasteiger partial charge in [-0.15, -0.1) is 0 Å². The van der Waals surface area contributed by atoms with E-state index in [2.05, 4.69) is 24.2 Å². The van der Waals surface area contributed by atoms with E-state index < -0.39 is 11.6 Å². The van der Waals surface area contributed by atoms with Crippen LogP contribution in [-0.4, -0.2) is 30.6 Å². The predicted molar refractivity (Wildman–Crippen MR) is 73.0 cm³/mol. The number of rotatable bonds is 6. The van der Waals surface area contributed by atoms with Gasteiger partial charge in [-0.25, -0.2) is 8.78 Å². The number of hydrogen-bond acceptors (Lipinski definition) is 3. The van der Waals surface area contributed by atoms with Crippen LogP contribution in [0.2, 0.25) is 0 Å². The van der Waals surface area contributed by atoms with E-state index in [1.54, 1.807) is 6.07 Å². The van der Waals surface area contributed by atoms with Crippen LogP contribution in [0.5, 0.6) is 0 Å². The Bertz CT molecular complexity index is 497. The molecule has 2 rings (SSSR count). The molecule has 0 saturated heterocycles. The number of benzene rings is 1. The van der Waals surface area contributed by atoms with Crippen LogP contribution in [0.1, 0.15) is 30.9 Å². The lowest BCUT2D eigenvalue weighted by atomic mass is 10.1. The van der Waals surface area contributed by atoms with Crippen molar-refractivity contribution in [3.63, 3.8) is 0 Å². The molecule has 1 unspecified atom stereocenters. The highest BCUT2D eigenvalue weighted by atomic mass is 19.1. The van der Waals surface area contributed by atoms with Crippen molar-refractivity contribution in [1.29, 1.82) is 5.26 Å². The van der Waals surface area contributed by atoms with Gasteiger partial charge >= 0.3 is 0 Å². The topological polar surface area (TPSA) is 39.1 Å². The van der Waals surface area contributed by atoms with E-state index in [1.165, 1.54) is 12.8 Å². The third kappa shape index (κ3) is 3.53. The maximum absolute atomic E-state index is 13.7. The van der Waals surface area contributed by atoms with Crippen LogP contribution in [0, 0.1) is 23.0 Å². The molecule has 0 heterocycles. The highest BCUT2D eigenvalue weighted by Gasteiger charge is 2.28. The van der Waals surface area contributed by atoms with Gasteiger partial charge in [-0.2, -0.15) is 5.26 Å². The molecule has 3 nitrogen and oxygen atoms in total. The van der Waals surface area contributed by atoms with Crippen molar-refractivity contribution in [2.75, 3.05) is 13.6 Å². The SMILES string of the molecule is CC(CNCc1c(F)cc(C#N)cc1F)N(C)C1CC1. The molecule has 0 radical (unpaired) electrons. The zero-order valence-electron chi connectivity index (χ0n) is 11.8. The molecule has 0 spiro atoms. The number of nitrogens with one attached hydrogen (secondary N) is 1. The van der Waals surface area contributed by atoms with Crippen LogP contribution in [0.4, 0.5) is 8.78 Å². The molecule has 1 atom stereocenters. The van der Waals surface area contributed by atoms with E-state index in [4.69, 9.17) is 5.26 Å². The van der Waals surface area contributed by atoms with Crippen molar-refractivity contribution in [2.45, 2.75) is 38.4 Å². The van der Waals surface area contributed by atoms with Gasteiger partial charge in [0.25, 0.3) is 0 Å². The summed E-state index contributed by atoms with van der Waals surface area (Å²) in [6.45, 7) is 2.90. The molecule has 20 heavy (non-hydrogen) atoms. The van der Waals surface area contributed by atoms with Gasteiger partial charge in [-0.1, -0.05) is 0 Å². The molecule has 1 aromatic carbocycles. The molecule has 1 aliphatic rings. The molecular weight excluding hydrogens is 260 g/mol. The normalized spacial score (nSPS) is 16.2. The minimum atomic E-state index is -0.669. The summed E-state index contributed by atoms with van der Waals surface area (Å²) in [5, 5.41) is 11.7. The fourth-order valence-electron chi connectivity index (χ4n) is 2.23. The second-order valence-corrected chi connectivity index (χ2v) is 5.41. The summed E-state index contributed by atoms with van der Waals surface area (Å²) in [5.41, 5.74) is -0.00383. The minimum absolute atomic E-state index is 0.00517. The minimum Gasteiger partial charge on any atom is -0.311 e. The monoisotopic (exact) mass is 279 g/mol. The fourth-order valence-corrected chi connectivity index (χ4v) is 2.23. The summed E-state index contributed by atoms with van der Waals surface area (Å²) in [6, 6.07) is 4.86. The smallest absolute Gasteiger partial charge is 0.131 e. The van der Waals surface area contributed by atoms with Crippen LogP contribution in [-0.2, 0) is 6.54 Å². The van der Waals surface area contributed by atoms with Crippen LogP contribution in [0.3, 0.4) is 0 Å². The second-order valence-electron chi connectivity index (χ2n) is 5.41. The lowest BCUT2D eigenvalue weighted by molar-refractivity contribution is 0.240. The summed E-state index contributed by atoms with van der Waals surface area (Å²) in [6.07, 6.45) is 2.47. The number of hydrogen-bond donors (Lipinski definition) is 1. The number of nitrogens with zero attached hydrogens (tertiary/aromatic N) is 2. The average Bonchev–Trinajstić information content (AvgIpc) is 3.24. The third-order valence-corrected chi connectivity index (χ3v) is 3.83. The molecule has 1 saturated carbocycles. The van der Waals surface area contributed by atoms with Crippen LogP contribution in [0.15, 0.2) is 12.1 Å². The molecule has 1 fully saturated rings. The lowest BCUT2D eigenvalue weighted by Gasteiger charge is -2.24. The molecule has 5 heteroatoms. The van der Waals surface area contributed by atoms with Crippen molar-refractivity contribution in [3.8, 4) is 6.07 Å². The molecule has 0 bridgehead atoms. The Morgan fingerprint density at radius 1 is 1.40 bits per heavy atom. The predicted octanol–water partition coefficient (Wildman–Crippen LogP) is 2.41. The molecule has 1 N–H and O–H groups in total. The fraction of sp³-hybridized carbons (Fsp3) is 0.533. The first-order valence-corrected chi connectivity index (χ1v) is 6.83. The Morgan fingerprint density at radius 2 is 2.00 bits per heavy atom. The van der Waals surface area contributed by atoms with Crippen LogP contribution >= 0.6 is 0 Å². The maximum Gasteiger partial charge on any atom is 0.131 e. The number of nitriles is 1. The van der Waals surface area contributed by atoms with Gasteiger partial charge in [0.05, 0.1) is 11.6 Å². The van der Waals surface area contributed by atoms with Crippen molar-refractivity contribution in [1.82, 2.24) is 10.2 Å². The number of halogens is 2. The van der Waals surface area contributed by atoms with Crippen molar-refractivity contribution < 1.29 is 8.78 Å². The summed E-state index contributed by atoms with van der Waals surface area (Å²) in [5.74, 6) is -1.34. The Hall–Kier alpha value is -1.51. The summed E-state index contributed by atoms with van der Waals surface area (Å²) in [7, 11) is 2.08. The van der Waals surface area contributed by atoms with Crippen LogP contribution < -0.4 is 5.32 Å². The summed E-state index contributed by atoms with van der Waals surface area (Å²) < 4.78 is 27.4. The molecule has 0 amide bonds. The van der Waals surface area contributed by atoms with E-state index in [1.807, 2.05) is 0 Å². The zero-order valence-corrected chi connectivity index (χ0v) is 11.8. The van der Waals surface area contributed by atoms with E-state index in [0.717, 1.165) is 12.1 Å². The number of likely N-dealkylation sites (N-methyl/N-ethyl adjacent to an activating group) is 1. The average molecular weight is 279 g/mol. The Labute approximate surface area is 118 Å². The second kappa shape index (κ2) is 6.29. The Balaban J connectivity index is 1.89. The Kier molecular flexibility index (Phi) is 4.69. The van der Waals surface area contributed by atoms with E-state index >= 15 is 0 Å². The van der Waals surface area contributed by atoms with Crippen LogP contribution in [0.25, 0.3) is 0 Å². The first-order chi connectivity index (χ1) is 9.52. The summed E-state index contributed by atoms with van der Waals surface area (Å²) in [4.78, 5) is 2.29. The van der Waals surface area contributed by atoms with Gasteiger partial charge in [0.2, 0.25) is 0 Å². The molecule has 0 aliphatic heterocycles. The standard InChI is InChI=1S/C15H19F2N3/c1-10(20(2)12-3-4-12)8-19-9-13-14(16)5-11(7-18)6-15(13)17/h5-6,10,12,19H,3-4,8-9H2,1-2H3. The zero-order chi connectivity index (χ0) is 14.7. The first kappa shape index (κ1) is 14.9. The lowest BCUT2D eigenvalue weighted by Crippen LogP contribution is -2.39. The highest BCUT2D eigenvalue weighted by Crippen LogP contribution is 2.26. The van der Waals surface area contributed by atoms with E-state index in [9.17, 15) is 8.78 Å². The molecule has 1 aromatic rings. The van der Waals surface area contributed by atoms with E-state index in [0.29, 0.717) is 18.6 Å². The van der Waals surface area contributed by atoms with Gasteiger partial charge in [-0.3, -0.25) is 4.90 Å². The molecule has 108 valence electrons. The van der Waals surface area contributed by atoms with Crippen molar-refractivity contribution >= 4 is 0 Å². The van der Waals surface area contributed by atoms with Crippen molar-refractivity contribution in [2.24, 2.45) is 0 Å². The van der Waals surface area contributed by atoms with Crippen molar-refractivity contribution in [3.05, 3.63) is 34.9 Å². The van der Waals surface area contributed by atoms with Gasteiger partial charge in [0, 0.05) is 30.7 Å². The van der Waals surface area contributed by atoms with Gasteiger partial charge in [0.15, 0.2) is 0 Å². The Morgan fingerprint density at radius 3 is 2.50 bits per heavy atom. The van der Waals surface area contributed by atoms with Gasteiger partial charge < -0.3 is 5.32 Å². The van der Waals surface area contributed by atoms with Gasteiger partial charge in [-0.05, 0) is 38.9 Å². The first-order valence-electron chi connectivity index (χ1n) is 6.83. The van der Waals surface area contributed by atoms with E-state index in [-0.39, 0.29) is 17.7 Å².